The molecule has 2 fully saturated rings. The largest absolute Gasteiger partial charge is 0.477 e. The van der Waals surface area contributed by atoms with Crippen LogP contribution in [0.1, 0.15) is 42.4 Å². The summed E-state index contributed by atoms with van der Waals surface area (Å²) in [4.78, 5) is 34.7. The Morgan fingerprint density at radius 2 is 2.00 bits per heavy atom. The van der Waals surface area contributed by atoms with Crippen LogP contribution in [0, 0.1) is 0 Å². The van der Waals surface area contributed by atoms with Gasteiger partial charge in [-0.1, -0.05) is 18.5 Å². The lowest BCUT2D eigenvalue weighted by atomic mass is 10.1. The van der Waals surface area contributed by atoms with Gasteiger partial charge >= 0.3 is 5.97 Å². The van der Waals surface area contributed by atoms with E-state index in [1.54, 1.807) is 6.07 Å². The molecule has 5 heterocycles. The molecule has 4 N–H and O–H groups in total. The van der Waals surface area contributed by atoms with Crippen LogP contribution in [-0.2, 0) is 6.42 Å². The Hall–Kier alpha value is -3.08. The molecule has 1 atom stereocenters. The Labute approximate surface area is 223 Å². The molecule has 11 heteroatoms. The number of pyridine rings is 1. The molecule has 0 amide bonds. The number of benzene rings is 1. The van der Waals surface area contributed by atoms with Crippen molar-refractivity contribution in [2.45, 2.75) is 48.7 Å². The van der Waals surface area contributed by atoms with Gasteiger partial charge in [0.2, 0.25) is 0 Å². The molecule has 0 radical (unpaired) electrons. The molecule has 0 spiro atoms. The van der Waals surface area contributed by atoms with E-state index < -0.39 is 5.97 Å². The first-order chi connectivity index (χ1) is 17.9. The average molecular weight is 538 g/mol. The van der Waals surface area contributed by atoms with Crippen molar-refractivity contribution < 1.29 is 9.90 Å². The molecule has 0 aliphatic carbocycles. The van der Waals surface area contributed by atoms with Gasteiger partial charge < -0.3 is 25.6 Å². The summed E-state index contributed by atoms with van der Waals surface area (Å²) < 4.78 is 0. The van der Waals surface area contributed by atoms with Crippen LogP contribution in [0.4, 0.5) is 11.5 Å². The maximum Gasteiger partial charge on any atom is 0.354 e. The van der Waals surface area contributed by atoms with Gasteiger partial charge in [-0.25, -0.2) is 19.7 Å². The number of fused-ring (bicyclic) bond motifs is 2. The Kier molecular flexibility index (Phi) is 6.34. The number of nitrogens with two attached hydrogens (primary N) is 1. The summed E-state index contributed by atoms with van der Waals surface area (Å²) in [5, 5.41) is 12.8. The third-order valence-corrected chi connectivity index (χ3v) is 8.41. The summed E-state index contributed by atoms with van der Waals surface area (Å²) in [6, 6.07) is 7.65. The lowest BCUT2D eigenvalue weighted by molar-refractivity contribution is 0.0691. The number of aromatic nitrogens is 4. The molecule has 3 aromatic heterocycles. The standard InChI is InChI=1S/C26H28ClN7O2S/c1-2-17-22(27)21-23(30-17)31-26(32-24(21)33-8-3-4-9-33)37-15-5-6-16-18(11-15)29-19(25(35)36)12-20(16)34-10-7-14(28)13-34/h5-6,11-12,14H,2-4,7-10,13,28H2,1H3,(H,35,36)(H,30,31,32)/t14-/m1/s1. The highest BCUT2D eigenvalue weighted by Crippen LogP contribution is 2.39. The fourth-order valence-electron chi connectivity index (χ4n) is 5.25. The number of halogens is 1. The van der Waals surface area contributed by atoms with Gasteiger partial charge in [-0.05, 0) is 61.7 Å². The first-order valence-corrected chi connectivity index (χ1v) is 13.8. The van der Waals surface area contributed by atoms with E-state index in [1.165, 1.54) is 11.8 Å². The minimum atomic E-state index is -1.05. The summed E-state index contributed by atoms with van der Waals surface area (Å²) in [7, 11) is 0. The lowest BCUT2D eigenvalue weighted by Crippen LogP contribution is -2.26. The number of aromatic amines is 1. The highest BCUT2D eigenvalue weighted by molar-refractivity contribution is 7.99. The summed E-state index contributed by atoms with van der Waals surface area (Å²) in [5.74, 6) is -0.185. The molecule has 4 aromatic rings. The van der Waals surface area contributed by atoms with Crippen LogP contribution in [0.5, 0.6) is 0 Å². The third kappa shape index (κ3) is 4.47. The summed E-state index contributed by atoms with van der Waals surface area (Å²) in [5.41, 5.74) is 9.32. The van der Waals surface area contributed by atoms with E-state index in [4.69, 9.17) is 27.3 Å². The molecule has 2 saturated heterocycles. The molecule has 192 valence electrons. The van der Waals surface area contributed by atoms with Crippen LogP contribution in [0.2, 0.25) is 5.02 Å². The van der Waals surface area contributed by atoms with E-state index in [2.05, 4.69) is 26.7 Å². The Morgan fingerprint density at radius 3 is 2.70 bits per heavy atom. The number of carboxylic acids is 1. The van der Waals surface area contributed by atoms with Crippen LogP contribution < -0.4 is 15.5 Å². The zero-order valence-electron chi connectivity index (χ0n) is 20.5. The van der Waals surface area contributed by atoms with Crippen LogP contribution in [-0.4, -0.2) is 63.2 Å². The van der Waals surface area contributed by atoms with Gasteiger partial charge in [-0.2, -0.15) is 0 Å². The molecule has 2 aliphatic rings. The number of anilines is 2. The maximum atomic E-state index is 11.8. The van der Waals surface area contributed by atoms with E-state index >= 15 is 0 Å². The highest BCUT2D eigenvalue weighted by atomic mass is 35.5. The first-order valence-electron chi connectivity index (χ1n) is 12.6. The molecular formula is C26H28ClN7O2S. The van der Waals surface area contributed by atoms with Gasteiger partial charge in [0.15, 0.2) is 10.9 Å². The van der Waals surface area contributed by atoms with Crippen LogP contribution in [0.15, 0.2) is 34.3 Å². The number of nitrogens with one attached hydrogen (secondary N) is 1. The smallest absolute Gasteiger partial charge is 0.354 e. The topological polar surface area (TPSA) is 124 Å². The number of carboxylic acid groups (broad SMARTS) is 1. The van der Waals surface area contributed by atoms with Gasteiger partial charge in [0.05, 0.1) is 15.9 Å². The number of hydrogen-bond acceptors (Lipinski definition) is 8. The molecule has 0 saturated carbocycles. The summed E-state index contributed by atoms with van der Waals surface area (Å²) in [6.07, 6.45) is 3.91. The maximum absolute atomic E-state index is 11.8. The van der Waals surface area contributed by atoms with Gasteiger partial charge in [0.1, 0.15) is 11.5 Å². The summed E-state index contributed by atoms with van der Waals surface area (Å²) in [6.45, 7) is 5.44. The SMILES string of the molecule is CCc1[nH]c2nc(Sc3ccc4c(N5CC[C@@H](N)C5)cc(C(=O)O)nc4c3)nc(N3CCCC3)c2c1Cl. The molecule has 2 aliphatic heterocycles. The number of aryl methyl sites for hydroxylation is 1. The fourth-order valence-corrected chi connectivity index (χ4v) is 6.39. The normalized spacial score (nSPS) is 18.0. The quantitative estimate of drug-likeness (QED) is 0.300. The van der Waals surface area contributed by atoms with Crippen LogP contribution >= 0.6 is 23.4 Å². The van der Waals surface area contributed by atoms with Gasteiger partial charge in [-0.15, -0.1) is 0 Å². The number of rotatable bonds is 6. The second-order valence-corrected chi connectivity index (χ2v) is 11.0. The second kappa shape index (κ2) is 9.66. The van der Waals surface area contributed by atoms with Crippen molar-refractivity contribution in [3.8, 4) is 0 Å². The van der Waals surface area contributed by atoms with Crippen LogP contribution in [0.25, 0.3) is 21.9 Å². The van der Waals surface area contributed by atoms with Gasteiger partial charge in [0, 0.05) is 53.9 Å². The Bertz CT molecular complexity index is 1520. The summed E-state index contributed by atoms with van der Waals surface area (Å²) >= 11 is 8.16. The highest BCUT2D eigenvalue weighted by Gasteiger charge is 2.25. The number of hydrogen-bond donors (Lipinski definition) is 3. The Balaban J connectivity index is 1.41. The van der Waals surface area contributed by atoms with E-state index in [9.17, 15) is 9.90 Å². The van der Waals surface area contributed by atoms with E-state index in [0.29, 0.717) is 22.2 Å². The van der Waals surface area contributed by atoms with E-state index in [1.807, 2.05) is 18.2 Å². The molecular weight excluding hydrogens is 510 g/mol. The zero-order valence-corrected chi connectivity index (χ0v) is 22.1. The van der Waals surface area contributed by atoms with Crippen molar-refractivity contribution in [1.82, 2.24) is 19.9 Å². The predicted molar refractivity (Wildman–Crippen MR) is 147 cm³/mol. The van der Waals surface area contributed by atoms with Crippen molar-refractivity contribution in [3.63, 3.8) is 0 Å². The first kappa shape index (κ1) is 24.3. The van der Waals surface area contributed by atoms with Crippen molar-refractivity contribution in [3.05, 3.63) is 40.7 Å². The molecule has 1 aromatic carbocycles. The van der Waals surface area contributed by atoms with E-state index in [0.717, 1.165) is 83.8 Å². The van der Waals surface area contributed by atoms with Gasteiger partial charge in [-0.3, -0.25) is 0 Å². The molecule has 0 unspecified atom stereocenters. The van der Waals surface area contributed by atoms with Gasteiger partial charge in [0.25, 0.3) is 0 Å². The van der Waals surface area contributed by atoms with Crippen molar-refractivity contribution in [2.24, 2.45) is 5.73 Å². The zero-order chi connectivity index (χ0) is 25.7. The minimum Gasteiger partial charge on any atom is -0.477 e. The number of aromatic carboxylic acids is 1. The number of carbonyl (C=O) groups is 1. The fraction of sp³-hybridized carbons (Fsp3) is 0.385. The van der Waals surface area contributed by atoms with Crippen molar-refractivity contribution in [1.29, 1.82) is 0 Å². The monoisotopic (exact) mass is 537 g/mol. The van der Waals surface area contributed by atoms with Crippen molar-refractivity contribution in [2.75, 3.05) is 36.0 Å². The molecule has 6 rings (SSSR count). The number of H-pyrrole nitrogens is 1. The van der Waals surface area contributed by atoms with Crippen LogP contribution in [0.3, 0.4) is 0 Å². The Morgan fingerprint density at radius 1 is 1.19 bits per heavy atom. The lowest BCUT2D eigenvalue weighted by Gasteiger charge is -2.21. The molecule has 9 nitrogen and oxygen atoms in total. The second-order valence-electron chi connectivity index (χ2n) is 9.63. The predicted octanol–water partition coefficient (Wildman–Crippen LogP) is 4.71. The van der Waals surface area contributed by atoms with Crippen molar-refractivity contribution >= 4 is 62.8 Å². The minimum absolute atomic E-state index is 0.0206. The average Bonchev–Trinajstić information content (AvgIpc) is 3.63. The third-order valence-electron chi connectivity index (χ3n) is 7.14. The van der Waals surface area contributed by atoms with E-state index in [-0.39, 0.29) is 11.7 Å². The number of nitrogens with zero attached hydrogens (tertiary/aromatic N) is 5. The molecule has 0 bridgehead atoms. The molecule has 37 heavy (non-hydrogen) atoms.